The van der Waals surface area contributed by atoms with E-state index in [2.05, 4.69) is 40.3 Å². The van der Waals surface area contributed by atoms with Gasteiger partial charge in [0.05, 0.1) is 0 Å². The van der Waals surface area contributed by atoms with Crippen molar-refractivity contribution in [3.63, 3.8) is 0 Å². The molecule has 0 radical (unpaired) electrons. The molecule has 6 heteroatoms. The average molecular weight is 487 g/mol. The third-order valence-electron chi connectivity index (χ3n) is 9.79. The van der Waals surface area contributed by atoms with Crippen molar-refractivity contribution in [2.75, 3.05) is 0 Å². The first-order valence-corrected chi connectivity index (χ1v) is 13.1. The molecule has 1 aliphatic heterocycles. The summed E-state index contributed by atoms with van der Waals surface area (Å²) in [7, 11) is 0. The molecule has 1 saturated heterocycles. The Labute approximate surface area is 209 Å². The van der Waals surface area contributed by atoms with Crippen molar-refractivity contribution in [2.45, 2.75) is 91.1 Å². The molecule has 4 rings (SSSR count). The molecule has 10 atom stereocenters. The number of aliphatic hydroxyl groups excluding tert-OH is 1. The van der Waals surface area contributed by atoms with Crippen LogP contribution in [0, 0.1) is 40.9 Å². The first kappa shape index (κ1) is 26.2. The molecule has 0 aromatic rings. The van der Waals surface area contributed by atoms with Crippen molar-refractivity contribution in [2.24, 2.45) is 40.9 Å². The number of carbonyl (C=O) groups is 2. The Morgan fingerprint density at radius 3 is 2.60 bits per heavy atom. The normalized spacial score (nSPS) is 47.2. The molecule has 6 nitrogen and oxygen atoms in total. The largest absolute Gasteiger partial charge is 0.460 e. The summed E-state index contributed by atoms with van der Waals surface area (Å²) in [5, 5.41) is 22.8. The van der Waals surface area contributed by atoms with E-state index in [0.29, 0.717) is 17.9 Å². The molecule has 194 valence electrons. The van der Waals surface area contributed by atoms with Crippen molar-refractivity contribution in [1.29, 1.82) is 0 Å². The van der Waals surface area contributed by atoms with E-state index in [1.165, 1.54) is 11.6 Å². The van der Waals surface area contributed by atoms with Gasteiger partial charge in [-0.3, -0.25) is 0 Å². The third kappa shape index (κ3) is 4.11. The highest BCUT2D eigenvalue weighted by Gasteiger charge is 2.62. The van der Waals surface area contributed by atoms with Gasteiger partial charge >= 0.3 is 11.9 Å². The van der Waals surface area contributed by atoms with E-state index in [-0.39, 0.29) is 41.2 Å². The van der Waals surface area contributed by atoms with Gasteiger partial charge in [-0.25, -0.2) is 9.59 Å². The number of carbonyl (C=O) groups excluding carboxylic acids is 2. The second kappa shape index (κ2) is 9.19. The van der Waals surface area contributed by atoms with Crippen molar-refractivity contribution >= 4 is 11.9 Å². The van der Waals surface area contributed by atoms with Crippen molar-refractivity contribution in [3.05, 3.63) is 36.0 Å². The van der Waals surface area contributed by atoms with Crippen molar-refractivity contribution < 1.29 is 29.3 Å². The van der Waals surface area contributed by atoms with Gasteiger partial charge in [0.25, 0.3) is 0 Å². The van der Waals surface area contributed by atoms with Crippen LogP contribution in [-0.4, -0.2) is 46.1 Å². The summed E-state index contributed by atoms with van der Waals surface area (Å²) in [5.74, 6) is -0.716. The monoisotopic (exact) mass is 486 g/mol. The van der Waals surface area contributed by atoms with E-state index in [1.807, 2.05) is 6.92 Å². The Balaban J connectivity index is 1.73. The van der Waals surface area contributed by atoms with Gasteiger partial charge in [-0.1, -0.05) is 45.1 Å². The second-order valence-electron chi connectivity index (χ2n) is 12.1. The SMILES string of the molecule is C=C1C2CC3C(C(C)C)C(OC(=O)/C=C/C)CC3(C)CC2/C(C)=C\CC2C(C)OC(=O)C(O)C12O. The van der Waals surface area contributed by atoms with Crippen molar-refractivity contribution in [1.82, 2.24) is 0 Å². The molecule has 0 spiro atoms. The topological polar surface area (TPSA) is 93.1 Å². The minimum atomic E-state index is -1.73. The zero-order chi connectivity index (χ0) is 25.9. The Bertz CT molecular complexity index is 949. The summed E-state index contributed by atoms with van der Waals surface area (Å²) in [6.07, 6.45) is 5.99. The molecule has 3 aliphatic carbocycles. The van der Waals surface area contributed by atoms with Gasteiger partial charge in [0.2, 0.25) is 0 Å². The van der Waals surface area contributed by atoms with Gasteiger partial charge in [-0.2, -0.15) is 0 Å². The van der Waals surface area contributed by atoms with Gasteiger partial charge < -0.3 is 19.7 Å². The molecular formula is C29H42O6. The molecule has 0 aromatic heterocycles. The maximum Gasteiger partial charge on any atom is 0.338 e. The summed E-state index contributed by atoms with van der Waals surface area (Å²) in [4.78, 5) is 24.8. The maximum atomic E-state index is 12.5. The van der Waals surface area contributed by atoms with Crippen LogP contribution in [0.25, 0.3) is 0 Å². The maximum absolute atomic E-state index is 12.5. The Kier molecular flexibility index (Phi) is 6.86. The molecule has 1 heterocycles. The lowest BCUT2D eigenvalue weighted by atomic mass is 9.53. The molecular weight excluding hydrogens is 444 g/mol. The number of aliphatic hydroxyl groups is 2. The highest BCUT2D eigenvalue weighted by atomic mass is 16.6. The molecule has 0 amide bonds. The first-order valence-electron chi connectivity index (χ1n) is 13.1. The highest BCUT2D eigenvalue weighted by Crippen LogP contribution is 2.63. The number of hydrogen-bond acceptors (Lipinski definition) is 6. The number of allylic oxidation sites excluding steroid dienone is 3. The van der Waals surface area contributed by atoms with Gasteiger partial charge in [0.1, 0.15) is 17.8 Å². The lowest BCUT2D eigenvalue weighted by Crippen LogP contribution is -2.63. The fourth-order valence-electron chi connectivity index (χ4n) is 8.05. The van der Waals surface area contributed by atoms with E-state index in [9.17, 15) is 19.8 Å². The summed E-state index contributed by atoms with van der Waals surface area (Å²) >= 11 is 0. The Morgan fingerprint density at radius 1 is 1.29 bits per heavy atom. The number of fused-ring (bicyclic) bond motifs is 3. The van der Waals surface area contributed by atoms with Crippen LogP contribution < -0.4 is 0 Å². The predicted molar refractivity (Wildman–Crippen MR) is 133 cm³/mol. The van der Waals surface area contributed by atoms with Crippen molar-refractivity contribution in [3.8, 4) is 0 Å². The van der Waals surface area contributed by atoms with Crippen LogP contribution in [0.3, 0.4) is 0 Å². The third-order valence-corrected chi connectivity index (χ3v) is 9.79. The van der Waals surface area contributed by atoms with Crippen LogP contribution in [0.1, 0.15) is 67.2 Å². The van der Waals surface area contributed by atoms with E-state index >= 15 is 0 Å². The van der Waals surface area contributed by atoms with E-state index < -0.39 is 29.7 Å². The summed E-state index contributed by atoms with van der Waals surface area (Å²) < 4.78 is 11.4. The molecule has 2 N–H and O–H groups in total. The molecule has 10 unspecified atom stereocenters. The number of rotatable bonds is 3. The summed E-state index contributed by atoms with van der Waals surface area (Å²) in [5.41, 5.74) is 0.0545. The summed E-state index contributed by atoms with van der Waals surface area (Å²) in [6.45, 7) is 16.8. The quantitative estimate of drug-likeness (QED) is 0.350. The summed E-state index contributed by atoms with van der Waals surface area (Å²) in [6, 6.07) is 0. The van der Waals surface area contributed by atoms with Crippen LogP contribution in [0.4, 0.5) is 0 Å². The van der Waals surface area contributed by atoms with Gasteiger partial charge in [0, 0.05) is 17.9 Å². The van der Waals surface area contributed by atoms with Crippen LogP contribution in [0.5, 0.6) is 0 Å². The van der Waals surface area contributed by atoms with Crippen LogP contribution >= 0.6 is 0 Å². The number of hydrogen-bond donors (Lipinski definition) is 2. The molecule has 0 bridgehead atoms. The molecule has 35 heavy (non-hydrogen) atoms. The molecule has 3 fully saturated rings. The van der Waals surface area contributed by atoms with E-state index in [4.69, 9.17) is 9.47 Å². The number of ether oxygens (including phenoxy) is 2. The van der Waals surface area contributed by atoms with Gasteiger partial charge in [-0.05, 0) is 81.1 Å². The predicted octanol–water partition coefficient (Wildman–Crippen LogP) is 4.36. The molecule has 4 aliphatic rings. The van der Waals surface area contributed by atoms with Gasteiger partial charge in [-0.15, -0.1) is 0 Å². The van der Waals surface area contributed by atoms with Crippen LogP contribution in [0.15, 0.2) is 36.0 Å². The molecule has 0 aromatic carbocycles. The smallest absolute Gasteiger partial charge is 0.338 e. The lowest BCUT2D eigenvalue weighted by Gasteiger charge is -2.54. The molecule has 2 saturated carbocycles. The average Bonchev–Trinajstić information content (AvgIpc) is 3.06. The zero-order valence-corrected chi connectivity index (χ0v) is 22.0. The van der Waals surface area contributed by atoms with Crippen LogP contribution in [0.2, 0.25) is 0 Å². The van der Waals surface area contributed by atoms with Gasteiger partial charge in [0.15, 0.2) is 6.10 Å². The fourth-order valence-corrected chi connectivity index (χ4v) is 8.05. The second-order valence-corrected chi connectivity index (χ2v) is 12.1. The highest BCUT2D eigenvalue weighted by molar-refractivity contribution is 5.82. The first-order chi connectivity index (χ1) is 16.3. The lowest BCUT2D eigenvalue weighted by molar-refractivity contribution is -0.209. The zero-order valence-electron chi connectivity index (χ0n) is 22.0. The fraction of sp³-hybridized carbons (Fsp3) is 0.724. The van der Waals surface area contributed by atoms with E-state index in [1.54, 1.807) is 13.0 Å². The number of cyclic esters (lactones) is 1. The Morgan fingerprint density at radius 2 is 1.97 bits per heavy atom. The van der Waals surface area contributed by atoms with E-state index in [0.717, 1.165) is 19.3 Å². The standard InChI is InChI=1S/C29H42O6/c1-8-9-24(30)35-23-14-28(7)13-20-16(4)10-11-21-18(6)34-27(32)26(31)29(21,33)17(5)19(20)12-22(28)25(23)15(2)3/h8-10,15,18-23,25-26,31,33H,5,11-14H2,1-4,6-7H3/b9-8+,16-10-. The van der Waals surface area contributed by atoms with Crippen LogP contribution in [-0.2, 0) is 19.1 Å². The Hall–Kier alpha value is -1.92. The minimum absolute atomic E-state index is 0.0228. The minimum Gasteiger partial charge on any atom is -0.460 e. The number of esters is 2.